The van der Waals surface area contributed by atoms with E-state index in [0.717, 1.165) is 0 Å². The first-order valence-corrected chi connectivity index (χ1v) is 6.87. The molecule has 0 aromatic carbocycles. The molecule has 0 aliphatic heterocycles. The van der Waals surface area contributed by atoms with Crippen LogP contribution in [0.15, 0.2) is 35.7 Å². The fraction of sp³-hybridized carbons (Fsp3) is 0.100. The van der Waals surface area contributed by atoms with Gasteiger partial charge in [-0.05, 0) is 6.07 Å². The highest BCUT2D eigenvalue weighted by Gasteiger charge is 2.16. The Labute approximate surface area is 114 Å². The van der Waals surface area contributed by atoms with E-state index in [0.29, 0.717) is 0 Å². The van der Waals surface area contributed by atoms with Gasteiger partial charge in [0.2, 0.25) is 5.88 Å². The van der Waals surface area contributed by atoms with E-state index < -0.39 is 10.0 Å². The number of nitrogens with zero attached hydrogens (tertiary/aromatic N) is 3. The lowest BCUT2D eigenvalue weighted by Gasteiger charge is -2.07. The van der Waals surface area contributed by atoms with Gasteiger partial charge in [-0.2, -0.15) is 0 Å². The van der Waals surface area contributed by atoms with Crippen LogP contribution in [-0.4, -0.2) is 30.5 Å². The molecule has 0 atom stereocenters. The van der Waals surface area contributed by atoms with E-state index in [1.54, 1.807) is 0 Å². The summed E-state index contributed by atoms with van der Waals surface area (Å²) in [6, 6.07) is 1.29. The van der Waals surface area contributed by atoms with Crippen molar-refractivity contribution >= 4 is 27.4 Å². The van der Waals surface area contributed by atoms with Gasteiger partial charge in [0.1, 0.15) is 4.90 Å². The average Bonchev–Trinajstić information content (AvgIpc) is 2.39. The van der Waals surface area contributed by atoms with Crippen LogP contribution in [0.25, 0.3) is 0 Å². The number of sulfonamides is 1. The van der Waals surface area contributed by atoms with Gasteiger partial charge in [0, 0.05) is 12.4 Å². The quantitative estimate of drug-likeness (QED) is 0.915. The highest BCUT2D eigenvalue weighted by atomic mass is 35.5. The molecule has 0 radical (unpaired) electrons. The van der Waals surface area contributed by atoms with E-state index in [2.05, 4.69) is 19.7 Å². The van der Waals surface area contributed by atoms with Crippen molar-refractivity contribution in [3.05, 3.63) is 35.9 Å². The molecule has 7 nitrogen and oxygen atoms in total. The monoisotopic (exact) mass is 300 g/mol. The average molecular weight is 301 g/mol. The van der Waals surface area contributed by atoms with Crippen molar-refractivity contribution in [1.82, 2.24) is 15.0 Å². The second-order valence-electron chi connectivity index (χ2n) is 3.39. The van der Waals surface area contributed by atoms with Crippen molar-refractivity contribution < 1.29 is 13.2 Å². The van der Waals surface area contributed by atoms with Crippen LogP contribution >= 0.6 is 11.6 Å². The smallest absolute Gasteiger partial charge is 0.264 e. The van der Waals surface area contributed by atoms with Crippen molar-refractivity contribution in [3.63, 3.8) is 0 Å². The summed E-state index contributed by atoms with van der Waals surface area (Å²) < 4.78 is 31.1. The number of aromatic nitrogens is 3. The Balaban J connectivity index is 2.25. The van der Waals surface area contributed by atoms with E-state index in [9.17, 15) is 8.42 Å². The third-order valence-electron chi connectivity index (χ3n) is 2.07. The lowest BCUT2D eigenvalue weighted by atomic mass is 10.5. The van der Waals surface area contributed by atoms with Crippen LogP contribution in [0.5, 0.6) is 5.88 Å². The molecule has 0 aliphatic carbocycles. The Morgan fingerprint density at radius 3 is 2.58 bits per heavy atom. The molecular formula is C10H9ClN4O3S. The Hall–Kier alpha value is -1.93. The summed E-state index contributed by atoms with van der Waals surface area (Å²) in [6.45, 7) is 0. The minimum Gasteiger partial charge on any atom is -0.480 e. The highest BCUT2D eigenvalue weighted by molar-refractivity contribution is 7.92. The molecule has 19 heavy (non-hydrogen) atoms. The Morgan fingerprint density at radius 1 is 1.21 bits per heavy atom. The molecule has 2 aromatic heterocycles. The molecule has 0 fully saturated rings. The van der Waals surface area contributed by atoms with E-state index in [1.165, 1.54) is 38.0 Å². The van der Waals surface area contributed by atoms with Crippen molar-refractivity contribution in [2.45, 2.75) is 4.90 Å². The van der Waals surface area contributed by atoms with E-state index in [1.807, 2.05) is 0 Å². The van der Waals surface area contributed by atoms with Gasteiger partial charge in [0.25, 0.3) is 10.0 Å². The molecule has 0 unspecified atom stereocenters. The number of methoxy groups -OCH3 is 1. The van der Waals surface area contributed by atoms with Crippen molar-refractivity contribution in [3.8, 4) is 5.88 Å². The molecule has 2 aromatic rings. The number of pyridine rings is 1. The third-order valence-corrected chi connectivity index (χ3v) is 3.59. The first-order chi connectivity index (χ1) is 9.01. The standard InChI is InChI=1S/C10H9ClN4O3S/c1-18-10-6-13-9(5-14-10)15-19(16,17)8-2-7(11)3-12-4-8/h2-6H,1H3,(H,13,15). The molecule has 0 bridgehead atoms. The zero-order chi connectivity index (χ0) is 13.9. The predicted octanol–water partition coefficient (Wildman–Crippen LogP) is 1.33. The van der Waals surface area contributed by atoms with Crippen molar-refractivity contribution in [1.29, 1.82) is 0 Å². The zero-order valence-electron chi connectivity index (χ0n) is 9.74. The molecule has 2 rings (SSSR count). The summed E-state index contributed by atoms with van der Waals surface area (Å²) in [5.74, 6) is 0.355. The van der Waals surface area contributed by atoms with Crippen LogP contribution in [-0.2, 0) is 10.0 Å². The van der Waals surface area contributed by atoms with Crippen molar-refractivity contribution in [2.24, 2.45) is 0 Å². The normalized spacial score (nSPS) is 11.1. The minimum atomic E-state index is -3.80. The number of ether oxygens (including phenoxy) is 1. The van der Waals surface area contributed by atoms with Crippen LogP contribution in [0.2, 0.25) is 5.02 Å². The minimum absolute atomic E-state index is 0.0578. The van der Waals surface area contributed by atoms with Gasteiger partial charge in [-0.25, -0.2) is 18.4 Å². The zero-order valence-corrected chi connectivity index (χ0v) is 11.3. The van der Waals surface area contributed by atoms with Gasteiger partial charge in [0.15, 0.2) is 5.82 Å². The predicted molar refractivity (Wildman–Crippen MR) is 68.6 cm³/mol. The lowest BCUT2D eigenvalue weighted by Crippen LogP contribution is -2.14. The molecule has 0 amide bonds. The summed E-state index contributed by atoms with van der Waals surface area (Å²) in [5.41, 5.74) is 0. The van der Waals surface area contributed by atoms with Crippen molar-refractivity contribution in [2.75, 3.05) is 11.8 Å². The number of hydrogen-bond donors (Lipinski definition) is 1. The fourth-order valence-electron chi connectivity index (χ4n) is 1.21. The number of rotatable bonds is 4. The Kier molecular flexibility index (Phi) is 3.82. The summed E-state index contributed by atoms with van der Waals surface area (Å²) in [6.07, 6.45) is 5.07. The maximum absolute atomic E-state index is 12.0. The SMILES string of the molecule is COc1cnc(NS(=O)(=O)c2cncc(Cl)c2)cn1. The van der Waals surface area contributed by atoms with E-state index in [-0.39, 0.29) is 21.6 Å². The van der Waals surface area contributed by atoms with E-state index >= 15 is 0 Å². The molecular weight excluding hydrogens is 292 g/mol. The van der Waals surface area contributed by atoms with Crippen LogP contribution in [0.3, 0.4) is 0 Å². The summed E-state index contributed by atoms with van der Waals surface area (Å²) in [5, 5.41) is 0.226. The maximum atomic E-state index is 12.0. The van der Waals surface area contributed by atoms with E-state index in [4.69, 9.17) is 16.3 Å². The molecule has 0 spiro atoms. The summed E-state index contributed by atoms with van der Waals surface area (Å²) in [4.78, 5) is 11.3. The highest BCUT2D eigenvalue weighted by Crippen LogP contribution is 2.17. The van der Waals surface area contributed by atoms with Crippen LogP contribution in [0.1, 0.15) is 0 Å². The van der Waals surface area contributed by atoms with Crippen LogP contribution < -0.4 is 9.46 Å². The third kappa shape index (κ3) is 3.30. The second-order valence-corrected chi connectivity index (χ2v) is 5.51. The Bertz CT molecular complexity index is 675. The Morgan fingerprint density at radius 2 is 2.00 bits per heavy atom. The fourth-order valence-corrected chi connectivity index (χ4v) is 2.43. The van der Waals surface area contributed by atoms with Gasteiger partial charge in [-0.15, -0.1) is 0 Å². The first-order valence-electron chi connectivity index (χ1n) is 5.00. The number of nitrogens with one attached hydrogen (secondary N) is 1. The van der Waals surface area contributed by atoms with Crippen LogP contribution in [0.4, 0.5) is 5.82 Å². The molecule has 0 aliphatic rings. The molecule has 2 heterocycles. The largest absolute Gasteiger partial charge is 0.480 e. The number of anilines is 1. The maximum Gasteiger partial charge on any atom is 0.264 e. The second kappa shape index (κ2) is 5.37. The molecule has 0 saturated heterocycles. The molecule has 0 saturated carbocycles. The van der Waals surface area contributed by atoms with Gasteiger partial charge in [-0.3, -0.25) is 9.71 Å². The lowest BCUT2D eigenvalue weighted by molar-refractivity contribution is 0.396. The summed E-state index contributed by atoms with van der Waals surface area (Å²) >= 11 is 5.69. The van der Waals surface area contributed by atoms with Gasteiger partial charge >= 0.3 is 0 Å². The molecule has 100 valence electrons. The number of halogens is 1. The van der Waals surface area contributed by atoms with Gasteiger partial charge in [0.05, 0.1) is 24.5 Å². The molecule has 1 N–H and O–H groups in total. The first kappa shape index (κ1) is 13.5. The van der Waals surface area contributed by atoms with Gasteiger partial charge in [-0.1, -0.05) is 11.6 Å². The summed E-state index contributed by atoms with van der Waals surface area (Å²) in [7, 11) is -2.36. The topological polar surface area (TPSA) is 94.1 Å². The van der Waals surface area contributed by atoms with Crippen LogP contribution in [0, 0.1) is 0 Å². The van der Waals surface area contributed by atoms with Gasteiger partial charge < -0.3 is 4.74 Å². The number of hydrogen-bond acceptors (Lipinski definition) is 6. The molecule has 9 heteroatoms.